The van der Waals surface area contributed by atoms with E-state index in [2.05, 4.69) is 17.4 Å². The van der Waals surface area contributed by atoms with Crippen molar-refractivity contribution in [3.63, 3.8) is 0 Å². The first-order valence-corrected chi connectivity index (χ1v) is 3.07. The van der Waals surface area contributed by atoms with E-state index in [1.54, 1.807) is 0 Å². The highest BCUT2D eigenvalue weighted by atomic mass is 16.3. The molecule has 0 saturated carbocycles. The van der Waals surface area contributed by atoms with Gasteiger partial charge in [-0.15, -0.1) is 0 Å². The first kappa shape index (κ1) is 9.13. The summed E-state index contributed by atoms with van der Waals surface area (Å²) in [4.78, 5) is 10.4. The average molecular weight is 144 g/mol. The van der Waals surface area contributed by atoms with Crippen molar-refractivity contribution in [1.82, 2.24) is 10.9 Å². The molecule has 0 aliphatic heterocycles. The molecule has 1 amide bonds. The summed E-state index contributed by atoms with van der Waals surface area (Å²) in [6.45, 7) is 3.95. The maximum Gasteiger partial charge on any atom is 0.257 e. The Morgan fingerprint density at radius 3 is 2.90 bits per heavy atom. The highest BCUT2D eigenvalue weighted by Gasteiger charge is 1.89. The number of hydrazine groups is 1. The molecule has 3 N–H and O–H groups in total. The number of rotatable bonds is 5. The molecule has 0 aliphatic rings. The van der Waals surface area contributed by atoms with Crippen molar-refractivity contribution < 1.29 is 9.90 Å². The zero-order valence-electron chi connectivity index (χ0n) is 5.76. The predicted octanol–water partition coefficient (Wildman–Crippen LogP) is -0.824. The van der Waals surface area contributed by atoms with Crippen LogP contribution in [0.15, 0.2) is 12.7 Å². The van der Waals surface area contributed by atoms with Gasteiger partial charge in [0.1, 0.15) is 0 Å². The number of aliphatic hydroxyl groups is 1. The normalized spacial score (nSPS) is 8.90. The Balaban J connectivity index is 3.03. The summed E-state index contributed by atoms with van der Waals surface area (Å²) in [6.07, 6.45) is 1.80. The Labute approximate surface area is 59.9 Å². The molecule has 0 fully saturated rings. The van der Waals surface area contributed by atoms with Crippen molar-refractivity contribution in [1.29, 1.82) is 0 Å². The second-order valence-electron chi connectivity index (χ2n) is 1.70. The zero-order valence-corrected chi connectivity index (χ0v) is 5.76. The molecule has 0 aromatic carbocycles. The number of carbonyl (C=O) groups excluding carboxylic acids is 1. The van der Waals surface area contributed by atoms with Gasteiger partial charge in [-0.2, -0.15) is 0 Å². The molecular formula is C6H12N2O2. The van der Waals surface area contributed by atoms with Crippen LogP contribution in [0.4, 0.5) is 0 Å². The van der Waals surface area contributed by atoms with Crippen molar-refractivity contribution in [2.45, 2.75) is 6.42 Å². The minimum absolute atomic E-state index is 0.122. The van der Waals surface area contributed by atoms with Crippen molar-refractivity contribution in [3.8, 4) is 0 Å². The number of aliphatic hydroxyl groups excluding tert-OH is 1. The topological polar surface area (TPSA) is 61.4 Å². The third-order valence-electron chi connectivity index (χ3n) is 0.857. The van der Waals surface area contributed by atoms with Gasteiger partial charge in [0.15, 0.2) is 0 Å². The van der Waals surface area contributed by atoms with Gasteiger partial charge in [0.2, 0.25) is 0 Å². The van der Waals surface area contributed by atoms with E-state index in [0.29, 0.717) is 13.0 Å². The number of amides is 1. The summed E-state index contributed by atoms with van der Waals surface area (Å²) in [5.41, 5.74) is 4.96. The third-order valence-corrected chi connectivity index (χ3v) is 0.857. The highest BCUT2D eigenvalue weighted by molar-refractivity contribution is 5.86. The predicted molar refractivity (Wildman–Crippen MR) is 38.0 cm³/mol. The van der Waals surface area contributed by atoms with E-state index in [-0.39, 0.29) is 12.5 Å². The van der Waals surface area contributed by atoms with E-state index >= 15 is 0 Å². The summed E-state index contributed by atoms with van der Waals surface area (Å²) in [5, 5.41) is 8.32. The Kier molecular flexibility index (Phi) is 5.71. The molecule has 0 unspecified atom stereocenters. The molecular weight excluding hydrogens is 132 g/mol. The third kappa shape index (κ3) is 5.27. The van der Waals surface area contributed by atoms with Crippen LogP contribution in [0.2, 0.25) is 0 Å². The van der Waals surface area contributed by atoms with Crippen molar-refractivity contribution in [2.24, 2.45) is 0 Å². The zero-order chi connectivity index (χ0) is 7.82. The molecule has 0 aliphatic carbocycles. The molecule has 0 radical (unpaired) electrons. The SMILES string of the molecule is C=CC(=O)NNCCCO. The number of carbonyl (C=O) groups is 1. The van der Waals surface area contributed by atoms with Crippen LogP contribution in [-0.2, 0) is 4.79 Å². The lowest BCUT2D eigenvalue weighted by Crippen LogP contribution is -2.36. The molecule has 58 valence electrons. The molecule has 0 heterocycles. The minimum Gasteiger partial charge on any atom is -0.396 e. The quantitative estimate of drug-likeness (QED) is 0.268. The summed E-state index contributed by atoms with van der Waals surface area (Å²) in [7, 11) is 0. The molecule has 10 heavy (non-hydrogen) atoms. The fourth-order valence-electron chi connectivity index (χ4n) is 0.368. The maximum atomic E-state index is 10.4. The van der Waals surface area contributed by atoms with E-state index < -0.39 is 0 Å². The largest absolute Gasteiger partial charge is 0.396 e. The van der Waals surface area contributed by atoms with Crippen LogP contribution < -0.4 is 10.9 Å². The molecule has 4 heteroatoms. The fourth-order valence-corrected chi connectivity index (χ4v) is 0.368. The molecule has 0 saturated heterocycles. The molecule has 0 bridgehead atoms. The summed E-state index contributed by atoms with van der Waals surface area (Å²) in [5.74, 6) is -0.266. The monoisotopic (exact) mass is 144 g/mol. The van der Waals surface area contributed by atoms with Gasteiger partial charge in [0, 0.05) is 13.2 Å². The Morgan fingerprint density at radius 1 is 1.70 bits per heavy atom. The molecule has 0 spiro atoms. The first-order chi connectivity index (χ1) is 4.81. The highest BCUT2D eigenvalue weighted by Crippen LogP contribution is 1.68. The second kappa shape index (κ2) is 6.25. The standard InChI is InChI=1S/C6H12N2O2/c1-2-6(10)8-7-4-3-5-9/h2,7,9H,1,3-5H2,(H,8,10). The second-order valence-corrected chi connectivity index (χ2v) is 1.70. The van der Waals surface area contributed by atoms with Gasteiger partial charge in [-0.1, -0.05) is 6.58 Å². The summed E-state index contributed by atoms with van der Waals surface area (Å²) >= 11 is 0. The van der Waals surface area contributed by atoms with Crippen LogP contribution in [0.25, 0.3) is 0 Å². The lowest BCUT2D eigenvalue weighted by atomic mass is 10.5. The molecule has 0 aromatic rings. The van der Waals surface area contributed by atoms with Gasteiger partial charge in [-0.3, -0.25) is 10.2 Å². The molecule has 0 rings (SSSR count). The Bertz CT molecular complexity index is 114. The van der Waals surface area contributed by atoms with Crippen LogP contribution in [0.5, 0.6) is 0 Å². The van der Waals surface area contributed by atoms with E-state index in [1.807, 2.05) is 0 Å². The van der Waals surface area contributed by atoms with Crippen LogP contribution in [0.3, 0.4) is 0 Å². The lowest BCUT2D eigenvalue weighted by Gasteiger charge is -2.01. The average Bonchev–Trinajstić information content (AvgIpc) is 1.98. The lowest BCUT2D eigenvalue weighted by molar-refractivity contribution is -0.117. The van der Waals surface area contributed by atoms with E-state index in [1.165, 1.54) is 6.08 Å². The van der Waals surface area contributed by atoms with Gasteiger partial charge in [-0.05, 0) is 12.5 Å². The summed E-state index contributed by atoms with van der Waals surface area (Å²) in [6, 6.07) is 0. The van der Waals surface area contributed by atoms with Gasteiger partial charge < -0.3 is 5.11 Å². The van der Waals surface area contributed by atoms with Gasteiger partial charge >= 0.3 is 0 Å². The van der Waals surface area contributed by atoms with Crippen LogP contribution in [-0.4, -0.2) is 24.2 Å². The van der Waals surface area contributed by atoms with Gasteiger partial charge in [0.05, 0.1) is 0 Å². The summed E-state index contributed by atoms with van der Waals surface area (Å²) < 4.78 is 0. The van der Waals surface area contributed by atoms with Crippen molar-refractivity contribution >= 4 is 5.91 Å². The fraction of sp³-hybridized carbons (Fsp3) is 0.500. The van der Waals surface area contributed by atoms with E-state index in [0.717, 1.165) is 0 Å². The van der Waals surface area contributed by atoms with Crippen LogP contribution in [0, 0.1) is 0 Å². The smallest absolute Gasteiger partial charge is 0.257 e. The Hall–Kier alpha value is -0.870. The number of hydrogen-bond acceptors (Lipinski definition) is 3. The number of hydrogen-bond donors (Lipinski definition) is 3. The molecule has 0 atom stereocenters. The van der Waals surface area contributed by atoms with Crippen LogP contribution in [0.1, 0.15) is 6.42 Å². The van der Waals surface area contributed by atoms with Crippen molar-refractivity contribution in [3.05, 3.63) is 12.7 Å². The van der Waals surface area contributed by atoms with Gasteiger partial charge in [-0.25, -0.2) is 5.43 Å². The van der Waals surface area contributed by atoms with E-state index in [4.69, 9.17) is 5.11 Å². The van der Waals surface area contributed by atoms with Crippen LogP contribution >= 0.6 is 0 Å². The van der Waals surface area contributed by atoms with E-state index in [9.17, 15) is 4.79 Å². The number of nitrogens with one attached hydrogen (secondary N) is 2. The Morgan fingerprint density at radius 2 is 2.40 bits per heavy atom. The molecule has 0 aromatic heterocycles. The first-order valence-electron chi connectivity index (χ1n) is 3.07. The van der Waals surface area contributed by atoms with Gasteiger partial charge in [0.25, 0.3) is 5.91 Å². The van der Waals surface area contributed by atoms with Crippen molar-refractivity contribution in [2.75, 3.05) is 13.2 Å². The molecule has 4 nitrogen and oxygen atoms in total. The minimum atomic E-state index is -0.266. The maximum absolute atomic E-state index is 10.4.